The van der Waals surface area contributed by atoms with Crippen LogP contribution in [0.3, 0.4) is 0 Å². The molecule has 0 unspecified atom stereocenters. The molecule has 1 aromatic carbocycles. The van der Waals surface area contributed by atoms with Gasteiger partial charge in [0.1, 0.15) is 6.54 Å². The highest BCUT2D eigenvalue weighted by molar-refractivity contribution is 14.1. The van der Waals surface area contributed by atoms with Crippen LogP contribution < -0.4 is 0 Å². The molecule has 0 fully saturated rings. The van der Waals surface area contributed by atoms with Gasteiger partial charge in [-0.1, -0.05) is 0 Å². The second kappa shape index (κ2) is 7.34. The number of amides is 1. The number of halogens is 1. The monoisotopic (exact) mass is 406 g/mol. The topological polar surface area (TPSA) is 89.8 Å². The van der Waals surface area contributed by atoms with Gasteiger partial charge in [-0.2, -0.15) is 0 Å². The standard InChI is InChI=1S/C13H15IN2O5/c1-8(2)15(7-12(17)21-3)13(18)10-6-9(16(19)20)4-5-11(10)14/h4-6,8H,7H2,1-3H3. The fraction of sp³-hybridized carbons (Fsp3) is 0.385. The molecule has 1 amide bonds. The van der Waals surface area contributed by atoms with Crippen LogP contribution in [0.4, 0.5) is 5.69 Å². The van der Waals surface area contributed by atoms with Gasteiger partial charge in [-0.05, 0) is 42.5 Å². The van der Waals surface area contributed by atoms with Crippen LogP contribution in [-0.2, 0) is 9.53 Å². The van der Waals surface area contributed by atoms with Crippen molar-refractivity contribution in [3.05, 3.63) is 37.4 Å². The van der Waals surface area contributed by atoms with Crippen LogP contribution in [-0.4, -0.2) is 41.4 Å². The SMILES string of the molecule is COC(=O)CN(C(=O)c1cc([N+](=O)[O-])ccc1I)C(C)C. The lowest BCUT2D eigenvalue weighted by Crippen LogP contribution is -2.41. The van der Waals surface area contributed by atoms with Crippen LogP contribution in [0.15, 0.2) is 18.2 Å². The van der Waals surface area contributed by atoms with Crippen molar-refractivity contribution in [1.29, 1.82) is 0 Å². The van der Waals surface area contributed by atoms with Crippen molar-refractivity contribution >= 4 is 40.2 Å². The number of ether oxygens (including phenoxy) is 1. The van der Waals surface area contributed by atoms with E-state index in [1.165, 1.54) is 30.2 Å². The number of carbonyl (C=O) groups is 2. The Morgan fingerprint density at radius 3 is 2.52 bits per heavy atom. The molecule has 0 bridgehead atoms. The maximum absolute atomic E-state index is 12.5. The third kappa shape index (κ3) is 4.38. The molecule has 0 N–H and O–H groups in total. The summed E-state index contributed by atoms with van der Waals surface area (Å²) in [4.78, 5) is 35.5. The smallest absolute Gasteiger partial charge is 0.325 e. The number of nitro benzene ring substituents is 1. The minimum atomic E-state index is -0.563. The second-order valence-corrected chi connectivity index (χ2v) is 5.69. The van der Waals surface area contributed by atoms with Crippen molar-refractivity contribution in [1.82, 2.24) is 4.90 Å². The normalized spacial score (nSPS) is 10.3. The average Bonchev–Trinajstić information content (AvgIpc) is 2.43. The third-order valence-electron chi connectivity index (χ3n) is 2.80. The van der Waals surface area contributed by atoms with Crippen LogP contribution in [0.1, 0.15) is 24.2 Å². The van der Waals surface area contributed by atoms with Crippen molar-refractivity contribution in [2.45, 2.75) is 19.9 Å². The summed E-state index contributed by atoms with van der Waals surface area (Å²) in [7, 11) is 1.24. The van der Waals surface area contributed by atoms with E-state index in [0.717, 1.165) is 0 Å². The molecule has 0 atom stereocenters. The lowest BCUT2D eigenvalue weighted by Gasteiger charge is -2.25. The summed E-state index contributed by atoms with van der Waals surface area (Å²) in [6, 6.07) is 3.81. The van der Waals surface area contributed by atoms with Gasteiger partial charge in [0.05, 0.1) is 17.6 Å². The van der Waals surface area contributed by atoms with Crippen LogP contribution in [0.5, 0.6) is 0 Å². The lowest BCUT2D eigenvalue weighted by atomic mass is 10.1. The maximum atomic E-state index is 12.5. The van der Waals surface area contributed by atoms with Gasteiger partial charge in [0, 0.05) is 21.7 Å². The number of carbonyl (C=O) groups excluding carboxylic acids is 2. The first kappa shape index (κ1) is 17.3. The molecule has 0 saturated heterocycles. The first-order chi connectivity index (χ1) is 9.77. The number of rotatable bonds is 5. The van der Waals surface area contributed by atoms with E-state index in [1.54, 1.807) is 13.8 Å². The summed E-state index contributed by atoms with van der Waals surface area (Å²) in [5.74, 6) is -0.985. The van der Waals surface area contributed by atoms with Crippen LogP contribution in [0.25, 0.3) is 0 Å². The zero-order valence-electron chi connectivity index (χ0n) is 11.8. The Morgan fingerprint density at radius 2 is 2.05 bits per heavy atom. The molecule has 114 valence electrons. The van der Waals surface area contributed by atoms with Crippen molar-refractivity contribution < 1.29 is 19.2 Å². The average molecular weight is 406 g/mol. The number of benzene rings is 1. The molecule has 8 heteroatoms. The Kier molecular flexibility index (Phi) is 6.06. The predicted molar refractivity (Wildman–Crippen MR) is 84.0 cm³/mol. The minimum Gasteiger partial charge on any atom is -0.468 e. The first-order valence-corrected chi connectivity index (χ1v) is 7.17. The summed E-state index contributed by atoms with van der Waals surface area (Å²) in [5.41, 5.74) is 0.0305. The third-order valence-corrected chi connectivity index (χ3v) is 3.74. The fourth-order valence-corrected chi connectivity index (χ4v) is 2.20. The number of methoxy groups -OCH3 is 1. The van der Waals surface area contributed by atoms with Crippen molar-refractivity contribution in [3.8, 4) is 0 Å². The Bertz CT molecular complexity index is 574. The molecule has 0 aliphatic heterocycles. The Hall–Kier alpha value is -1.71. The van der Waals surface area contributed by atoms with Gasteiger partial charge in [-0.25, -0.2) is 0 Å². The molecular weight excluding hydrogens is 391 g/mol. The number of nitro groups is 1. The van der Waals surface area contributed by atoms with E-state index in [-0.39, 0.29) is 23.8 Å². The molecule has 7 nitrogen and oxygen atoms in total. The van der Waals surface area contributed by atoms with E-state index in [9.17, 15) is 19.7 Å². The van der Waals surface area contributed by atoms with Crippen LogP contribution in [0, 0.1) is 13.7 Å². The van der Waals surface area contributed by atoms with E-state index in [4.69, 9.17) is 0 Å². The molecule has 0 saturated carbocycles. The van der Waals surface area contributed by atoms with E-state index < -0.39 is 16.8 Å². The van der Waals surface area contributed by atoms with Crippen molar-refractivity contribution in [2.24, 2.45) is 0 Å². The van der Waals surface area contributed by atoms with Gasteiger partial charge in [-0.15, -0.1) is 0 Å². The number of esters is 1. The molecule has 21 heavy (non-hydrogen) atoms. The number of non-ortho nitro benzene ring substituents is 1. The van der Waals surface area contributed by atoms with Crippen molar-refractivity contribution in [3.63, 3.8) is 0 Å². The minimum absolute atomic E-state index is 0.166. The predicted octanol–water partition coefficient (Wildman–Crippen LogP) is 2.22. The molecule has 0 aliphatic rings. The Labute approximate surface area is 135 Å². The molecule has 0 heterocycles. The molecule has 1 rings (SSSR count). The summed E-state index contributed by atoms with van der Waals surface area (Å²) < 4.78 is 5.15. The van der Waals surface area contributed by atoms with Gasteiger partial charge in [0.15, 0.2) is 0 Å². The maximum Gasteiger partial charge on any atom is 0.325 e. The van der Waals surface area contributed by atoms with E-state index in [1.807, 2.05) is 22.6 Å². The molecule has 0 aliphatic carbocycles. The zero-order valence-corrected chi connectivity index (χ0v) is 14.0. The van der Waals surface area contributed by atoms with E-state index in [2.05, 4.69) is 4.74 Å². The van der Waals surface area contributed by atoms with Gasteiger partial charge in [-0.3, -0.25) is 19.7 Å². The summed E-state index contributed by atoms with van der Waals surface area (Å²) >= 11 is 1.93. The first-order valence-electron chi connectivity index (χ1n) is 6.09. The van der Waals surface area contributed by atoms with E-state index in [0.29, 0.717) is 3.57 Å². The number of nitrogens with zero attached hydrogens (tertiary/aromatic N) is 2. The molecule has 0 aromatic heterocycles. The summed E-state index contributed by atoms with van der Waals surface area (Å²) in [6.45, 7) is 3.31. The Balaban J connectivity index is 3.17. The summed E-state index contributed by atoms with van der Waals surface area (Å²) in [5, 5.41) is 10.8. The number of hydrogen-bond donors (Lipinski definition) is 0. The van der Waals surface area contributed by atoms with Gasteiger partial charge < -0.3 is 9.64 Å². The highest BCUT2D eigenvalue weighted by Crippen LogP contribution is 2.21. The quantitative estimate of drug-likeness (QED) is 0.324. The highest BCUT2D eigenvalue weighted by atomic mass is 127. The van der Waals surface area contributed by atoms with Gasteiger partial charge in [0.2, 0.25) is 0 Å². The largest absolute Gasteiger partial charge is 0.468 e. The zero-order chi connectivity index (χ0) is 16.2. The lowest BCUT2D eigenvalue weighted by molar-refractivity contribution is -0.384. The molecule has 0 radical (unpaired) electrons. The van der Waals surface area contributed by atoms with Gasteiger partial charge in [0.25, 0.3) is 11.6 Å². The fourth-order valence-electron chi connectivity index (χ4n) is 1.64. The molecular formula is C13H15IN2O5. The number of hydrogen-bond acceptors (Lipinski definition) is 5. The van der Waals surface area contributed by atoms with Crippen molar-refractivity contribution in [2.75, 3.05) is 13.7 Å². The Morgan fingerprint density at radius 1 is 1.43 bits per heavy atom. The van der Waals surface area contributed by atoms with Crippen LogP contribution >= 0.6 is 22.6 Å². The van der Waals surface area contributed by atoms with Crippen LogP contribution in [0.2, 0.25) is 0 Å². The summed E-state index contributed by atoms with van der Waals surface area (Å²) in [6.07, 6.45) is 0. The molecule has 0 spiro atoms. The highest BCUT2D eigenvalue weighted by Gasteiger charge is 2.25. The van der Waals surface area contributed by atoms with E-state index >= 15 is 0 Å². The second-order valence-electron chi connectivity index (χ2n) is 4.52. The molecule has 1 aromatic rings. The van der Waals surface area contributed by atoms with Gasteiger partial charge >= 0.3 is 5.97 Å².